The minimum absolute atomic E-state index is 0.0624. The molecule has 0 unspecified atom stereocenters. The van der Waals surface area contributed by atoms with Crippen LogP contribution < -0.4 is 15.1 Å². The molecule has 120 valence electrons. The molecule has 1 aromatic heterocycles. The number of hydrogen-bond acceptors (Lipinski definition) is 4. The molecule has 1 aliphatic heterocycles. The number of carbonyl (C=O) groups is 1. The Morgan fingerprint density at radius 3 is 2.52 bits per heavy atom. The summed E-state index contributed by atoms with van der Waals surface area (Å²) in [5.74, 6) is -0.648. The van der Waals surface area contributed by atoms with Crippen molar-refractivity contribution in [3.8, 4) is 11.4 Å². The summed E-state index contributed by atoms with van der Waals surface area (Å²) < 4.78 is 21.3. The summed E-state index contributed by atoms with van der Waals surface area (Å²) >= 11 is 0. The lowest BCUT2D eigenvalue weighted by atomic mass is 9.85. The fraction of sp³-hybridized carbons (Fsp3) is 0.312. The van der Waals surface area contributed by atoms with Crippen molar-refractivity contribution in [2.75, 3.05) is 19.1 Å². The van der Waals surface area contributed by atoms with Gasteiger partial charge >= 0.3 is 0 Å². The number of ether oxygens (including phenoxy) is 1. The second kappa shape index (κ2) is 4.91. The van der Waals surface area contributed by atoms with Gasteiger partial charge in [-0.3, -0.25) is 9.59 Å². The van der Waals surface area contributed by atoms with E-state index in [0.717, 1.165) is 6.20 Å². The van der Waals surface area contributed by atoms with Gasteiger partial charge in [0.2, 0.25) is 11.3 Å². The summed E-state index contributed by atoms with van der Waals surface area (Å²) in [7, 11) is 2.98. The molecule has 0 saturated carbocycles. The van der Waals surface area contributed by atoms with Crippen LogP contribution in [-0.2, 0) is 10.2 Å². The molecule has 7 heteroatoms. The zero-order valence-electron chi connectivity index (χ0n) is 13.3. The van der Waals surface area contributed by atoms with E-state index in [1.54, 1.807) is 27.0 Å². The molecule has 1 amide bonds. The number of hydrogen-bond donors (Lipinski definition) is 0. The molecule has 2 aromatic rings. The number of rotatable bonds is 2. The van der Waals surface area contributed by atoms with Gasteiger partial charge in [0.15, 0.2) is 11.6 Å². The highest BCUT2D eigenvalue weighted by Gasteiger charge is 2.45. The van der Waals surface area contributed by atoms with E-state index in [0.29, 0.717) is 11.3 Å². The lowest BCUT2D eigenvalue weighted by molar-refractivity contribution is -0.121. The van der Waals surface area contributed by atoms with Crippen molar-refractivity contribution >= 4 is 11.6 Å². The monoisotopic (exact) mass is 317 g/mol. The highest BCUT2D eigenvalue weighted by Crippen LogP contribution is 2.43. The molecule has 0 spiro atoms. The van der Waals surface area contributed by atoms with Crippen molar-refractivity contribution < 1.29 is 13.9 Å². The van der Waals surface area contributed by atoms with Gasteiger partial charge in [0, 0.05) is 12.6 Å². The number of likely N-dealkylation sites (N-methyl/N-ethyl adjacent to an activating group) is 1. The van der Waals surface area contributed by atoms with Crippen molar-refractivity contribution in [3.05, 3.63) is 46.1 Å². The van der Waals surface area contributed by atoms with E-state index in [1.165, 1.54) is 29.0 Å². The third-order valence-corrected chi connectivity index (χ3v) is 4.17. The Morgan fingerprint density at radius 2 is 1.87 bits per heavy atom. The van der Waals surface area contributed by atoms with Gasteiger partial charge in [0.25, 0.3) is 0 Å². The molecule has 3 rings (SSSR count). The normalized spacial score (nSPS) is 15.7. The summed E-state index contributed by atoms with van der Waals surface area (Å²) in [5.41, 5.74) is -0.345. The Balaban J connectivity index is 2.24. The van der Waals surface area contributed by atoms with Crippen LogP contribution in [0, 0.1) is 5.82 Å². The zero-order valence-corrected chi connectivity index (χ0v) is 13.3. The fourth-order valence-corrected chi connectivity index (χ4v) is 2.91. The van der Waals surface area contributed by atoms with Gasteiger partial charge in [-0.1, -0.05) is 0 Å². The van der Waals surface area contributed by atoms with Crippen molar-refractivity contribution in [1.29, 1.82) is 0 Å². The van der Waals surface area contributed by atoms with E-state index in [4.69, 9.17) is 4.74 Å². The number of benzene rings is 1. The number of halogens is 1. The number of aromatic nitrogens is 2. The molecule has 6 nitrogen and oxygen atoms in total. The molecule has 0 aliphatic carbocycles. The first-order valence-electron chi connectivity index (χ1n) is 7.03. The summed E-state index contributed by atoms with van der Waals surface area (Å²) in [5, 5.41) is 3.91. The molecule has 0 fully saturated rings. The molecule has 2 heterocycles. The second-order valence-electron chi connectivity index (χ2n) is 5.93. The molecule has 23 heavy (non-hydrogen) atoms. The molecular formula is C16H16FN3O3. The third-order valence-electron chi connectivity index (χ3n) is 4.17. The average molecular weight is 317 g/mol. The standard InChI is InChI=1S/C16H16FN3O3/c1-16(2)13-9(19(3)15(16)22)5-6-10(14(13)17)20-8-12(23-4)11(21)7-18-20/h5-8H,1-4H3. The Bertz CT molecular complexity index is 873. The van der Waals surface area contributed by atoms with Crippen LogP contribution in [0.3, 0.4) is 0 Å². The number of fused-ring (bicyclic) bond motifs is 1. The summed E-state index contributed by atoms with van der Waals surface area (Å²) in [6, 6.07) is 3.20. The van der Waals surface area contributed by atoms with Crippen LogP contribution in [0.4, 0.5) is 10.1 Å². The van der Waals surface area contributed by atoms with Crippen LogP contribution in [0.5, 0.6) is 5.75 Å². The number of anilines is 1. The maximum absolute atomic E-state index is 15.1. The first-order valence-corrected chi connectivity index (χ1v) is 7.03. The first-order chi connectivity index (χ1) is 10.8. The Hall–Kier alpha value is -2.70. The maximum atomic E-state index is 15.1. The highest BCUT2D eigenvalue weighted by molar-refractivity contribution is 6.07. The van der Waals surface area contributed by atoms with Crippen molar-refractivity contribution in [1.82, 2.24) is 9.78 Å². The largest absolute Gasteiger partial charge is 0.491 e. The van der Waals surface area contributed by atoms with Crippen LogP contribution in [0.25, 0.3) is 5.69 Å². The van der Waals surface area contributed by atoms with E-state index in [2.05, 4.69) is 5.10 Å². The Morgan fingerprint density at radius 1 is 1.22 bits per heavy atom. The van der Waals surface area contributed by atoms with Crippen molar-refractivity contribution in [3.63, 3.8) is 0 Å². The van der Waals surface area contributed by atoms with E-state index >= 15 is 4.39 Å². The summed E-state index contributed by atoms with van der Waals surface area (Å²) in [6.45, 7) is 3.37. The topological polar surface area (TPSA) is 64.4 Å². The number of amides is 1. The van der Waals surface area contributed by atoms with Gasteiger partial charge in [0.05, 0.1) is 30.6 Å². The quantitative estimate of drug-likeness (QED) is 0.844. The van der Waals surface area contributed by atoms with Crippen LogP contribution in [0.2, 0.25) is 0 Å². The Kier molecular flexibility index (Phi) is 3.24. The predicted octanol–water partition coefficient (Wildman–Crippen LogP) is 1.63. The summed E-state index contributed by atoms with van der Waals surface area (Å²) in [4.78, 5) is 25.3. The van der Waals surface area contributed by atoms with E-state index in [-0.39, 0.29) is 22.8 Å². The molecule has 0 N–H and O–H groups in total. The smallest absolute Gasteiger partial charge is 0.241 e. The lowest BCUT2D eigenvalue weighted by Gasteiger charge is -2.18. The molecule has 0 saturated heterocycles. The number of methoxy groups -OCH3 is 1. The van der Waals surface area contributed by atoms with Gasteiger partial charge in [0.1, 0.15) is 5.69 Å². The van der Waals surface area contributed by atoms with Gasteiger partial charge in [-0.2, -0.15) is 5.10 Å². The fourth-order valence-electron chi connectivity index (χ4n) is 2.91. The molecule has 0 atom stereocenters. The molecular weight excluding hydrogens is 301 g/mol. The van der Waals surface area contributed by atoms with E-state index in [9.17, 15) is 9.59 Å². The van der Waals surface area contributed by atoms with E-state index < -0.39 is 11.2 Å². The van der Waals surface area contributed by atoms with Gasteiger partial charge < -0.3 is 9.64 Å². The number of carbonyl (C=O) groups excluding carboxylic acids is 1. The maximum Gasteiger partial charge on any atom is 0.241 e. The molecule has 0 bridgehead atoms. The third kappa shape index (κ3) is 2.03. The van der Waals surface area contributed by atoms with Crippen molar-refractivity contribution in [2.45, 2.75) is 19.3 Å². The first kappa shape index (κ1) is 15.2. The molecule has 1 aliphatic rings. The molecule has 0 radical (unpaired) electrons. The van der Waals surface area contributed by atoms with Gasteiger partial charge in [-0.15, -0.1) is 0 Å². The van der Waals surface area contributed by atoms with Crippen molar-refractivity contribution in [2.24, 2.45) is 0 Å². The average Bonchev–Trinajstić information content (AvgIpc) is 2.70. The predicted molar refractivity (Wildman–Crippen MR) is 82.8 cm³/mol. The minimum Gasteiger partial charge on any atom is -0.491 e. The van der Waals surface area contributed by atoms with Crippen LogP contribution in [0.1, 0.15) is 19.4 Å². The van der Waals surface area contributed by atoms with Gasteiger partial charge in [-0.25, -0.2) is 9.07 Å². The SMILES string of the molecule is COc1cn(-c2ccc3c(c2F)C(C)(C)C(=O)N3C)ncc1=O. The summed E-state index contributed by atoms with van der Waals surface area (Å²) in [6.07, 6.45) is 2.38. The number of nitrogens with zero attached hydrogens (tertiary/aromatic N) is 3. The van der Waals surface area contributed by atoms with Gasteiger partial charge in [-0.05, 0) is 26.0 Å². The highest BCUT2D eigenvalue weighted by atomic mass is 19.1. The second-order valence-corrected chi connectivity index (χ2v) is 5.93. The van der Waals surface area contributed by atoms with Crippen LogP contribution >= 0.6 is 0 Å². The zero-order chi connectivity index (χ0) is 16.9. The lowest BCUT2D eigenvalue weighted by Crippen LogP contribution is -2.33. The van der Waals surface area contributed by atoms with Crippen LogP contribution in [-0.4, -0.2) is 29.8 Å². The van der Waals surface area contributed by atoms with E-state index in [1.807, 2.05) is 0 Å². The minimum atomic E-state index is -0.965. The Labute approximate surface area is 132 Å². The molecule has 1 aromatic carbocycles. The van der Waals surface area contributed by atoms with Crippen LogP contribution in [0.15, 0.2) is 29.3 Å².